The van der Waals surface area contributed by atoms with Crippen LogP contribution < -0.4 is 10.6 Å². The van der Waals surface area contributed by atoms with E-state index >= 15 is 0 Å². The topological polar surface area (TPSA) is 81.8 Å². The molecule has 0 aromatic heterocycles. The van der Waals surface area contributed by atoms with Crippen molar-refractivity contribution in [3.05, 3.63) is 29.8 Å². The summed E-state index contributed by atoms with van der Waals surface area (Å²) in [5, 5.41) is 5.77. The number of halogens is 1. The van der Waals surface area contributed by atoms with Crippen LogP contribution in [0.5, 0.6) is 0 Å². The van der Waals surface area contributed by atoms with Crippen LogP contribution in [-0.4, -0.2) is 66.3 Å². The number of anilines is 1. The lowest BCUT2D eigenvalue weighted by Gasteiger charge is -2.41. The molecule has 0 bridgehead atoms. The van der Waals surface area contributed by atoms with E-state index in [1.54, 1.807) is 24.3 Å². The monoisotopic (exact) mass is 380 g/mol. The van der Waals surface area contributed by atoms with Crippen LogP contribution in [0, 0.1) is 0 Å². The first-order chi connectivity index (χ1) is 12.0. The fourth-order valence-corrected chi connectivity index (χ4v) is 3.48. The van der Waals surface area contributed by atoms with Crippen LogP contribution >= 0.6 is 12.4 Å². The second-order valence-corrected chi connectivity index (χ2v) is 6.57. The van der Waals surface area contributed by atoms with Crippen molar-refractivity contribution in [3.63, 3.8) is 0 Å². The van der Waals surface area contributed by atoms with Gasteiger partial charge in [-0.05, 0) is 37.1 Å². The molecule has 2 aliphatic rings. The average Bonchev–Trinajstić information content (AvgIpc) is 2.62. The normalized spacial score (nSPS) is 20.3. The molecular weight excluding hydrogens is 356 g/mol. The van der Waals surface area contributed by atoms with Gasteiger partial charge in [0.05, 0.1) is 6.54 Å². The zero-order valence-corrected chi connectivity index (χ0v) is 15.7. The van der Waals surface area contributed by atoms with E-state index in [2.05, 4.69) is 10.6 Å². The Balaban J connectivity index is 0.00000243. The van der Waals surface area contributed by atoms with E-state index in [0.717, 1.165) is 19.4 Å². The molecule has 2 fully saturated rings. The van der Waals surface area contributed by atoms with Gasteiger partial charge in [-0.25, -0.2) is 0 Å². The first-order valence-electron chi connectivity index (χ1n) is 8.71. The van der Waals surface area contributed by atoms with E-state index in [0.29, 0.717) is 37.4 Å². The molecule has 0 saturated carbocycles. The molecule has 2 N–H and O–H groups in total. The highest BCUT2D eigenvalue weighted by molar-refractivity contribution is 5.95. The predicted molar refractivity (Wildman–Crippen MR) is 102 cm³/mol. The quantitative estimate of drug-likeness (QED) is 0.822. The van der Waals surface area contributed by atoms with Crippen molar-refractivity contribution in [2.75, 3.05) is 38.0 Å². The molecule has 0 aliphatic carbocycles. The van der Waals surface area contributed by atoms with Crippen molar-refractivity contribution in [2.45, 2.75) is 25.8 Å². The molecule has 3 rings (SSSR count). The van der Waals surface area contributed by atoms with Gasteiger partial charge in [-0.2, -0.15) is 0 Å². The van der Waals surface area contributed by atoms with Gasteiger partial charge in [0.1, 0.15) is 0 Å². The molecular formula is C18H25ClN4O3. The van der Waals surface area contributed by atoms with E-state index in [4.69, 9.17) is 0 Å². The van der Waals surface area contributed by atoms with Gasteiger partial charge in [0, 0.05) is 50.4 Å². The summed E-state index contributed by atoms with van der Waals surface area (Å²) in [5.74, 6) is -0.0505. The molecule has 2 heterocycles. The van der Waals surface area contributed by atoms with Crippen LogP contribution in [0.4, 0.5) is 5.69 Å². The fraction of sp³-hybridized carbons (Fsp3) is 0.500. The number of hydrogen-bond donors (Lipinski definition) is 2. The maximum absolute atomic E-state index is 12.8. The Morgan fingerprint density at radius 3 is 2.58 bits per heavy atom. The van der Waals surface area contributed by atoms with Crippen LogP contribution in [0.2, 0.25) is 0 Å². The zero-order valence-electron chi connectivity index (χ0n) is 14.9. The van der Waals surface area contributed by atoms with E-state index in [1.807, 2.05) is 9.80 Å². The van der Waals surface area contributed by atoms with E-state index in [9.17, 15) is 14.4 Å². The van der Waals surface area contributed by atoms with Crippen LogP contribution in [0.25, 0.3) is 0 Å². The lowest BCUT2D eigenvalue weighted by Crippen LogP contribution is -2.57. The zero-order chi connectivity index (χ0) is 17.8. The van der Waals surface area contributed by atoms with Gasteiger partial charge >= 0.3 is 0 Å². The van der Waals surface area contributed by atoms with Gasteiger partial charge in [-0.15, -0.1) is 12.4 Å². The Bertz CT molecular complexity index is 665. The van der Waals surface area contributed by atoms with E-state index in [1.165, 1.54) is 6.92 Å². The first-order valence-corrected chi connectivity index (χ1v) is 8.71. The molecule has 0 radical (unpaired) electrons. The Morgan fingerprint density at radius 2 is 1.92 bits per heavy atom. The van der Waals surface area contributed by atoms with Crippen molar-refractivity contribution in [1.82, 2.24) is 15.1 Å². The van der Waals surface area contributed by atoms with Gasteiger partial charge in [-0.1, -0.05) is 0 Å². The summed E-state index contributed by atoms with van der Waals surface area (Å²) in [7, 11) is 0. The highest BCUT2D eigenvalue weighted by Gasteiger charge is 2.31. The van der Waals surface area contributed by atoms with E-state index in [-0.39, 0.29) is 36.2 Å². The number of hydrogen-bond acceptors (Lipinski definition) is 4. The molecule has 1 unspecified atom stereocenters. The molecule has 2 saturated heterocycles. The lowest BCUT2D eigenvalue weighted by atomic mass is 10.0. The number of carbonyl (C=O) groups excluding carboxylic acids is 3. The van der Waals surface area contributed by atoms with Crippen molar-refractivity contribution in [1.29, 1.82) is 0 Å². The summed E-state index contributed by atoms with van der Waals surface area (Å²) < 4.78 is 0. The Kier molecular flexibility index (Phi) is 6.99. The Hall–Kier alpha value is -2.12. The van der Waals surface area contributed by atoms with Gasteiger partial charge < -0.3 is 20.4 Å². The summed E-state index contributed by atoms with van der Waals surface area (Å²) >= 11 is 0. The summed E-state index contributed by atoms with van der Waals surface area (Å²) in [6.45, 7) is 4.64. The number of nitrogens with one attached hydrogen (secondary N) is 2. The number of rotatable bonds is 3. The highest BCUT2D eigenvalue weighted by atomic mass is 35.5. The first kappa shape index (κ1) is 20.2. The third-order valence-electron chi connectivity index (χ3n) is 4.70. The van der Waals surface area contributed by atoms with Crippen LogP contribution in [0.3, 0.4) is 0 Å². The van der Waals surface area contributed by atoms with Crippen molar-refractivity contribution in [2.24, 2.45) is 0 Å². The highest BCUT2D eigenvalue weighted by Crippen LogP contribution is 2.20. The van der Waals surface area contributed by atoms with Crippen molar-refractivity contribution < 1.29 is 14.4 Å². The maximum Gasteiger partial charge on any atom is 0.253 e. The number of piperidine rings is 1. The second kappa shape index (κ2) is 9.00. The summed E-state index contributed by atoms with van der Waals surface area (Å²) in [6.07, 6.45) is 1.84. The lowest BCUT2D eigenvalue weighted by molar-refractivity contribution is -0.135. The molecule has 26 heavy (non-hydrogen) atoms. The molecule has 2 aliphatic heterocycles. The average molecular weight is 381 g/mol. The maximum atomic E-state index is 12.8. The SMILES string of the molecule is CC(=O)Nc1ccc(C(=O)N2CCCC(N3CCNCC3=O)C2)cc1.Cl. The summed E-state index contributed by atoms with van der Waals surface area (Å²) in [5.41, 5.74) is 1.27. The third-order valence-corrected chi connectivity index (χ3v) is 4.70. The van der Waals surface area contributed by atoms with Gasteiger partial charge in [0.25, 0.3) is 5.91 Å². The minimum atomic E-state index is -0.140. The fourth-order valence-electron chi connectivity index (χ4n) is 3.48. The molecule has 3 amide bonds. The standard InChI is InChI=1S/C18H24N4O3.ClH/c1-13(23)20-15-6-4-14(5-7-15)18(25)21-9-2-3-16(12-21)22-10-8-19-11-17(22)24;/h4-7,16,19H,2-3,8-12H2,1H3,(H,20,23);1H. The summed E-state index contributed by atoms with van der Waals surface area (Å²) in [6, 6.07) is 7.03. The third kappa shape index (κ3) is 4.74. The number of carbonyl (C=O) groups is 3. The molecule has 0 spiro atoms. The van der Waals surface area contributed by atoms with Crippen LogP contribution in [-0.2, 0) is 9.59 Å². The van der Waals surface area contributed by atoms with E-state index < -0.39 is 0 Å². The van der Waals surface area contributed by atoms with Gasteiger partial charge in [0.15, 0.2) is 0 Å². The van der Waals surface area contributed by atoms with Crippen LogP contribution in [0.1, 0.15) is 30.1 Å². The van der Waals surface area contributed by atoms with Crippen molar-refractivity contribution in [3.8, 4) is 0 Å². The van der Waals surface area contributed by atoms with Gasteiger partial charge in [0.2, 0.25) is 11.8 Å². The number of benzene rings is 1. The largest absolute Gasteiger partial charge is 0.337 e. The van der Waals surface area contributed by atoms with Gasteiger partial charge in [-0.3, -0.25) is 14.4 Å². The predicted octanol–water partition coefficient (Wildman–Crippen LogP) is 1.10. The smallest absolute Gasteiger partial charge is 0.253 e. The minimum Gasteiger partial charge on any atom is -0.337 e. The number of piperazine rings is 1. The molecule has 1 aromatic rings. The minimum absolute atomic E-state index is 0. The molecule has 1 atom stereocenters. The Labute approximate surface area is 159 Å². The Morgan fingerprint density at radius 1 is 1.19 bits per heavy atom. The molecule has 8 heteroatoms. The van der Waals surface area contributed by atoms with Crippen molar-refractivity contribution >= 4 is 35.8 Å². The number of nitrogens with zero attached hydrogens (tertiary/aromatic N) is 2. The summed E-state index contributed by atoms with van der Waals surface area (Å²) in [4.78, 5) is 39.7. The molecule has 1 aromatic carbocycles. The molecule has 142 valence electrons. The second-order valence-electron chi connectivity index (χ2n) is 6.57. The van der Waals surface area contributed by atoms with Crippen LogP contribution in [0.15, 0.2) is 24.3 Å². The molecule has 7 nitrogen and oxygen atoms in total. The number of amides is 3. The number of likely N-dealkylation sites (tertiary alicyclic amines) is 1.